The van der Waals surface area contributed by atoms with E-state index in [2.05, 4.69) is 19.1 Å². The monoisotopic (exact) mass is 365 g/mol. The second kappa shape index (κ2) is 5.95. The van der Waals surface area contributed by atoms with E-state index >= 15 is 0 Å². The fourth-order valence-electron chi connectivity index (χ4n) is 4.14. The molecule has 0 N–H and O–H groups in total. The number of amides is 1. The molecular formula is C21H23N3OS. The number of benzene rings is 1. The Balaban J connectivity index is 1.49. The van der Waals surface area contributed by atoms with E-state index in [-0.39, 0.29) is 5.91 Å². The van der Waals surface area contributed by atoms with E-state index < -0.39 is 0 Å². The van der Waals surface area contributed by atoms with E-state index in [1.807, 2.05) is 40.1 Å². The highest BCUT2D eigenvalue weighted by molar-refractivity contribution is 7.15. The molecule has 0 unspecified atom stereocenters. The van der Waals surface area contributed by atoms with Gasteiger partial charge in [0.25, 0.3) is 5.91 Å². The van der Waals surface area contributed by atoms with Crippen LogP contribution in [-0.4, -0.2) is 33.3 Å². The van der Waals surface area contributed by atoms with Crippen LogP contribution in [0.3, 0.4) is 0 Å². The first-order chi connectivity index (χ1) is 12.6. The molecular weight excluding hydrogens is 342 g/mol. The molecule has 1 aromatic carbocycles. The lowest BCUT2D eigenvalue weighted by atomic mass is 10.1. The summed E-state index contributed by atoms with van der Waals surface area (Å²) in [4.78, 5) is 20.9. The molecule has 2 aliphatic rings. The summed E-state index contributed by atoms with van der Waals surface area (Å²) in [5.41, 5.74) is 4.01. The Hall–Kier alpha value is -2.14. The predicted octanol–water partition coefficient (Wildman–Crippen LogP) is 4.63. The zero-order valence-corrected chi connectivity index (χ0v) is 16.0. The van der Waals surface area contributed by atoms with Gasteiger partial charge in [-0.15, -0.1) is 11.3 Å². The average Bonchev–Trinajstić information content (AvgIpc) is 3.55. The van der Waals surface area contributed by atoms with Gasteiger partial charge in [0.05, 0.1) is 5.69 Å². The first-order valence-corrected chi connectivity index (χ1v) is 10.3. The normalized spacial score (nSPS) is 17.2. The van der Waals surface area contributed by atoms with Gasteiger partial charge in [-0.25, -0.2) is 4.98 Å². The van der Waals surface area contributed by atoms with Crippen molar-refractivity contribution in [2.75, 3.05) is 7.05 Å². The number of aryl methyl sites for hydroxylation is 1. The quantitative estimate of drug-likeness (QED) is 0.661. The molecule has 0 bridgehead atoms. The van der Waals surface area contributed by atoms with Crippen molar-refractivity contribution in [3.63, 3.8) is 0 Å². The predicted molar refractivity (Wildman–Crippen MR) is 105 cm³/mol. The average molecular weight is 366 g/mol. The Morgan fingerprint density at radius 1 is 1.23 bits per heavy atom. The minimum Gasteiger partial charge on any atom is -0.337 e. The van der Waals surface area contributed by atoms with Crippen LogP contribution in [-0.2, 0) is 0 Å². The largest absolute Gasteiger partial charge is 0.337 e. The molecule has 2 saturated carbocycles. The molecule has 5 heteroatoms. The highest BCUT2D eigenvalue weighted by Gasteiger charge is 2.45. The van der Waals surface area contributed by atoms with Crippen molar-refractivity contribution >= 4 is 22.2 Å². The number of rotatable bonds is 5. The molecule has 0 saturated heterocycles. The van der Waals surface area contributed by atoms with Crippen LogP contribution in [0, 0.1) is 18.8 Å². The Labute approximate surface area is 157 Å². The summed E-state index contributed by atoms with van der Waals surface area (Å²) in [5.74, 6) is 1.57. The number of imidazole rings is 1. The number of carbonyl (C=O) groups is 1. The van der Waals surface area contributed by atoms with Crippen LogP contribution >= 0.6 is 11.3 Å². The number of fused-ring (bicyclic) bond motifs is 1. The SMILES string of the molecule is Cc1ccccc1-c1cn2c(C(=O)N(C)C(C3CC3)C3CC3)csc2n1. The van der Waals surface area contributed by atoms with Gasteiger partial charge < -0.3 is 4.90 Å². The summed E-state index contributed by atoms with van der Waals surface area (Å²) in [6, 6.07) is 8.68. The zero-order valence-electron chi connectivity index (χ0n) is 15.2. The standard InChI is InChI=1S/C21H23N3OS/c1-13-5-3-4-6-16(13)17-11-24-18(12-26-21(24)22-17)20(25)23(2)19(14-7-8-14)15-9-10-15/h3-6,11-12,14-15,19H,7-10H2,1-2H3. The zero-order chi connectivity index (χ0) is 17.8. The van der Waals surface area contributed by atoms with Gasteiger partial charge in [-0.05, 0) is 50.0 Å². The van der Waals surface area contributed by atoms with E-state index in [9.17, 15) is 4.79 Å². The summed E-state index contributed by atoms with van der Waals surface area (Å²) in [5, 5.41) is 1.96. The number of nitrogens with zero attached hydrogens (tertiary/aromatic N) is 3. The number of thiazole rings is 1. The molecule has 2 heterocycles. The van der Waals surface area contributed by atoms with Crippen molar-refractivity contribution in [3.05, 3.63) is 47.1 Å². The minimum absolute atomic E-state index is 0.133. The molecule has 0 aliphatic heterocycles. The van der Waals surface area contributed by atoms with Crippen LogP contribution in [0.5, 0.6) is 0 Å². The molecule has 5 rings (SSSR count). The van der Waals surface area contributed by atoms with Crippen LogP contribution in [0.15, 0.2) is 35.8 Å². The molecule has 26 heavy (non-hydrogen) atoms. The summed E-state index contributed by atoms with van der Waals surface area (Å²) in [6.45, 7) is 2.10. The fraction of sp³-hybridized carbons (Fsp3) is 0.429. The topological polar surface area (TPSA) is 37.6 Å². The maximum Gasteiger partial charge on any atom is 0.271 e. The van der Waals surface area contributed by atoms with Crippen molar-refractivity contribution in [3.8, 4) is 11.3 Å². The van der Waals surface area contributed by atoms with Crippen molar-refractivity contribution in [2.24, 2.45) is 11.8 Å². The highest BCUT2D eigenvalue weighted by atomic mass is 32.1. The summed E-state index contributed by atoms with van der Waals surface area (Å²) < 4.78 is 1.97. The van der Waals surface area contributed by atoms with Gasteiger partial charge in [0, 0.05) is 30.2 Å². The molecule has 2 aromatic heterocycles. The first kappa shape index (κ1) is 16.1. The van der Waals surface area contributed by atoms with Gasteiger partial charge in [-0.3, -0.25) is 9.20 Å². The van der Waals surface area contributed by atoms with Crippen LogP contribution < -0.4 is 0 Å². The second-order valence-corrected chi connectivity index (χ2v) is 8.63. The highest BCUT2D eigenvalue weighted by Crippen LogP contribution is 2.47. The molecule has 0 spiro atoms. The van der Waals surface area contributed by atoms with Gasteiger partial charge >= 0.3 is 0 Å². The van der Waals surface area contributed by atoms with E-state index in [0.717, 1.165) is 33.7 Å². The number of aromatic nitrogens is 2. The lowest BCUT2D eigenvalue weighted by molar-refractivity contribution is 0.0683. The molecule has 4 nitrogen and oxygen atoms in total. The van der Waals surface area contributed by atoms with Gasteiger partial charge in [0.1, 0.15) is 5.69 Å². The Morgan fingerprint density at radius 2 is 1.92 bits per heavy atom. The smallest absolute Gasteiger partial charge is 0.271 e. The van der Waals surface area contributed by atoms with E-state index in [0.29, 0.717) is 6.04 Å². The Bertz CT molecular complexity index is 968. The molecule has 0 radical (unpaired) electrons. The van der Waals surface area contributed by atoms with Crippen LogP contribution in [0.4, 0.5) is 0 Å². The lowest BCUT2D eigenvalue weighted by Gasteiger charge is -2.28. The molecule has 1 amide bonds. The maximum absolute atomic E-state index is 13.2. The number of hydrogen-bond donors (Lipinski definition) is 0. The van der Waals surface area contributed by atoms with Crippen LogP contribution in [0.1, 0.15) is 41.7 Å². The number of carbonyl (C=O) groups excluding carboxylic acids is 1. The number of hydrogen-bond acceptors (Lipinski definition) is 3. The second-order valence-electron chi connectivity index (χ2n) is 7.80. The summed E-state index contributed by atoms with van der Waals surface area (Å²) in [7, 11) is 1.99. The minimum atomic E-state index is 0.133. The third-order valence-electron chi connectivity index (χ3n) is 5.83. The van der Waals surface area contributed by atoms with Crippen LogP contribution in [0.2, 0.25) is 0 Å². The third kappa shape index (κ3) is 2.65. The third-order valence-corrected chi connectivity index (χ3v) is 6.67. The van der Waals surface area contributed by atoms with Gasteiger partial charge in [-0.2, -0.15) is 0 Å². The molecule has 2 fully saturated rings. The van der Waals surface area contributed by atoms with Gasteiger partial charge in [0.15, 0.2) is 4.96 Å². The van der Waals surface area contributed by atoms with Crippen molar-refractivity contribution < 1.29 is 4.79 Å². The maximum atomic E-state index is 13.2. The summed E-state index contributed by atoms with van der Waals surface area (Å²) in [6.07, 6.45) is 7.12. The Kier molecular flexibility index (Phi) is 3.67. The summed E-state index contributed by atoms with van der Waals surface area (Å²) >= 11 is 1.55. The molecule has 0 atom stereocenters. The van der Waals surface area contributed by atoms with Gasteiger partial charge in [-0.1, -0.05) is 24.3 Å². The lowest BCUT2D eigenvalue weighted by Crippen LogP contribution is -2.40. The first-order valence-electron chi connectivity index (χ1n) is 9.43. The van der Waals surface area contributed by atoms with Crippen molar-refractivity contribution in [2.45, 2.75) is 38.6 Å². The molecule has 3 aromatic rings. The fourth-order valence-corrected chi connectivity index (χ4v) is 4.98. The molecule has 2 aliphatic carbocycles. The van der Waals surface area contributed by atoms with Crippen LogP contribution in [0.25, 0.3) is 16.2 Å². The van der Waals surface area contributed by atoms with E-state index in [1.54, 1.807) is 11.3 Å². The molecule has 134 valence electrons. The Morgan fingerprint density at radius 3 is 2.58 bits per heavy atom. The van der Waals surface area contributed by atoms with Crippen molar-refractivity contribution in [1.29, 1.82) is 0 Å². The van der Waals surface area contributed by atoms with E-state index in [1.165, 1.54) is 31.2 Å². The van der Waals surface area contributed by atoms with Gasteiger partial charge in [0.2, 0.25) is 0 Å². The van der Waals surface area contributed by atoms with Crippen molar-refractivity contribution in [1.82, 2.24) is 14.3 Å². The van der Waals surface area contributed by atoms with E-state index in [4.69, 9.17) is 4.98 Å².